The number of ether oxygens (including phenoxy) is 1. The van der Waals surface area contributed by atoms with Gasteiger partial charge < -0.3 is 9.64 Å². The molecule has 1 aliphatic heterocycles. The average molecular weight is 332 g/mol. The lowest BCUT2D eigenvalue weighted by atomic mass is 10.1. The highest BCUT2D eigenvalue weighted by molar-refractivity contribution is 8.13. The smallest absolute Gasteiger partial charge is 0.261 e. The van der Waals surface area contributed by atoms with Crippen molar-refractivity contribution in [2.24, 2.45) is 0 Å². The third kappa shape index (κ3) is 4.34. The first kappa shape index (κ1) is 16.6. The van der Waals surface area contributed by atoms with Crippen LogP contribution in [0.25, 0.3) is 0 Å². The van der Waals surface area contributed by atoms with Crippen molar-refractivity contribution in [1.29, 1.82) is 0 Å². The summed E-state index contributed by atoms with van der Waals surface area (Å²) in [5.41, 5.74) is 1.49. The van der Waals surface area contributed by atoms with Gasteiger partial charge in [0.2, 0.25) is 0 Å². The third-order valence-corrected chi connectivity index (χ3v) is 5.49. The molecule has 0 atom stereocenters. The van der Waals surface area contributed by atoms with Crippen molar-refractivity contribution in [3.05, 3.63) is 23.3 Å². The van der Waals surface area contributed by atoms with Gasteiger partial charge >= 0.3 is 0 Å². The Labute approximate surface area is 131 Å². The summed E-state index contributed by atoms with van der Waals surface area (Å²) >= 11 is 0. The molecule has 2 rings (SSSR count). The van der Waals surface area contributed by atoms with Crippen molar-refractivity contribution in [3.63, 3.8) is 0 Å². The second-order valence-electron chi connectivity index (χ2n) is 5.50. The van der Waals surface area contributed by atoms with Crippen LogP contribution < -0.4 is 4.74 Å². The van der Waals surface area contributed by atoms with E-state index in [1.165, 1.54) is 32.0 Å². The van der Waals surface area contributed by atoms with E-state index in [9.17, 15) is 8.42 Å². The predicted molar refractivity (Wildman–Crippen MR) is 84.7 cm³/mol. The second kappa shape index (κ2) is 6.99. The lowest BCUT2D eigenvalue weighted by molar-refractivity contribution is 0.262. The standard InChI is InChI=1S/C15H22ClNO3S/c1-12-13(2)15(21(16,18)19)7-6-14(12)20-11-5-10-17-8-3-4-9-17/h6-7H,3-5,8-11H2,1-2H3. The van der Waals surface area contributed by atoms with Crippen LogP contribution in [-0.4, -0.2) is 39.6 Å². The lowest BCUT2D eigenvalue weighted by Gasteiger charge is -2.16. The van der Waals surface area contributed by atoms with Crippen LogP contribution in [0.15, 0.2) is 17.0 Å². The number of rotatable bonds is 6. The molecule has 0 aromatic heterocycles. The Hall–Kier alpha value is -0.780. The van der Waals surface area contributed by atoms with Gasteiger partial charge in [-0.05, 0) is 69.5 Å². The molecule has 0 N–H and O–H groups in total. The van der Waals surface area contributed by atoms with Crippen LogP contribution in [0.1, 0.15) is 30.4 Å². The summed E-state index contributed by atoms with van der Waals surface area (Å²) in [6, 6.07) is 3.20. The molecule has 1 aromatic rings. The van der Waals surface area contributed by atoms with Crippen LogP contribution >= 0.6 is 10.7 Å². The molecule has 1 aliphatic rings. The number of likely N-dealkylation sites (tertiary alicyclic amines) is 1. The Kier molecular flexibility index (Phi) is 5.52. The molecule has 1 saturated heterocycles. The molecule has 0 bridgehead atoms. The first-order chi connectivity index (χ1) is 9.89. The highest BCUT2D eigenvalue weighted by Crippen LogP contribution is 2.29. The van der Waals surface area contributed by atoms with E-state index in [-0.39, 0.29) is 4.90 Å². The predicted octanol–water partition coefficient (Wildman–Crippen LogP) is 3.10. The molecule has 6 heteroatoms. The molecule has 1 heterocycles. The Bertz CT molecular complexity index is 595. The monoisotopic (exact) mass is 331 g/mol. The molecule has 0 amide bonds. The van der Waals surface area contributed by atoms with Crippen molar-refractivity contribution in [2.45, 2.75) is 38.0 Å². The van der Waals surface area contributed by atoms with Crippen molar-refractivity contribution >= 4 is 19.7 Å². The van der Waals surface area contributed by atoms with Crippen LogP contribution in [0.2, 0.25) is 0 Å². The first-order valence-corrected chi connectivity index (χ1v) is 9.60. The van der Waals surface area contributed by atoms with E-state index in [0.29, 0.717) is 12.2 Å². The summed E-state index contributed by atoms with van der Waals surface area (Å²) in [6.07, 6.45) is 3.58. The Balaban J connectivity index is 1.93. The maximum atomic E-state index is 11.4. The fourth-order valence-electron chi connectivity index (χ4n) is 2.67. The molecule has 118 valence electrons. The van der Waals surface area contributed by atoms with Gasteiger partial charge in [0.1, 0.15) is 5.75 Å². The molecule has 0 unspecified atom stereocenters. The van der Waals surface area contributed by atoms with E-state index < -0.39 is 9.05 Å². The number of hydrogen-bond donors (Lipinski definition) is 0. The molecular weight excluding hydrogens is 310 g/mol. The van der Waals surface area contributed by atoms with Crippen LogP contribution in [0.5, 0.6) is 5.75 Å². The van der Waals surface area contributed by atoms with E-state index >= 15 is 0 Å². The molecular formula is C15H22ClNO3S. The largest absolute Gasteiger partial charge is 0.493 e. The van der Waals surface area contributed by atoms with Gasteiger partial charge in [0.15, 0.2) is 0 Å². The molecule has 1 aromatic carbocycles. The van der Waals surface area contributed by atoms with Gasteiger partial charge in [-0.2, -0.15) is 0 Å². The minimum atomic E-state index is -3.70. The average Bonchev–Trinajstić information content (AvgIpc) is 2.91. The summed E-state index contributed by atoms with van der Waals surface area (Å²) < 4.78 is 28.7. The zero-order chi connectivity index (χ0) is 15.5. The quantitative estimate of drug-likeness (QED) is 0.593. The fraction of sp³-hybridized carbons (Fsp3) is 0.600. The molecule has 0 aliphatic carbocycles. The normalized spacial score (nSPS) is 16.3. The summed E-state index contributed by atoms with van der Waals surface area (Å²) in [4.78, 5) is 2.61. The fourth-order valence-corrected chi connectivity index (χ4v) is 3.92. The minimum Gasteiger partial charge on any atom is -0.493 e. The van der Waals surface area contributed by atoms with Crippen molar-refractivity contribution in [2.75, 3.05) is 26.2 Å². The van der Waals surface area contributed by atoms with E-state index in [1.54, 1.807) is 13.0 Å². The Morgan fingerprint density at radius 1 is 1.19 bits per heavy atom. The van der Waals surface area contributed by atoms with Gasteiger partial charge in [-0.15, -0.1) is 0 Å². The zero-order valence-corrected chi connectivity index (χ0v) is 14.1. The lowest BCUT2D eigenvalue weighted by Crippen LogP contribution is -2.22. The molecule has 21 heavy (non-hydrogen) atoms. The summed E-state index contributed by atoms with van der Waals surface area (Å²) in [6.45, 7) is 7.70. The van der Waals surface area contributed by atoms with Crippen molar-refractivity contribution < 1.29 is 13.2 Å². The van der Waals surface area contributed by atoms with E-state index in [0.717, 1.165) is 24.3 Å². The molecule has 0 spiro atoms. The SMILES string of the molecule is Cc1c(OCCCN2CCCC2)ccc(S(=O)(=O)Cl)c1C. The van der Waals surface area contributed by atoms with Gasteiger partial charge in [0.25, 0.3) is 9.05 Å². The van der Waals surface area contributed by atoms with E-state index in [2.05, 4.69) is 4.90 Å². The van der Waals surface area contributed by atoms with Crippen LogP contribution in [0, 0.1) is 13.8 Å². The van der Waals surface area contributed by atoms with Gasteiger partial charge in [-0.1, -0.05) is 0 Å². The highest BCUT2D eigenvalue weighted by Gasteiger charge is 2.17. The molecule has 0 radical (unpaired) electrons. The first-order valence-electron chi connectivity index (χ1n) is 7.29. The summed E-state index contributed by atoms with van der Waals surface area (Å²) in [5.74, 6) is 0.734. The van der Waals surface area contributed by atoms with Crippen molar-refractivity contribution in [1.82, 2.24) is 4.90 Å². The minimum absolute atomic E-state index is 0.158. The van der Waals surface area contributed by atoms with Crippen LogP contribution in [-0.2, 0) is 9.05 Å². The number of nitrogens with zero attached hydrogens (tertiary/aromatic N) is 1. The maximum absolute atomic E-state index is 11.4. The molecule has 4 nitrogen and oxygen atoms in total. The topological polar surface area (TPSA) is 46.6 Å². The number of hydrogen-bond acceptors (Lipinski definition) is 4. The second-order valence-corrected chi connectivity index (χ2v) is 8.03. The zero-order valence-electron chi connectivity index (χ0n) is 12.6. The number of halogens is 1. The van der Waals surface area contributed by atoms with Crippen LogP contribution in [0.3, 0.4) is 0 Å². The van der Waals surface area contributed by atoms with Gasteiger partial charge in [0, 0.05) is 17.2 Å². The maximum Gasteiger partial charge on any atom is 0.261 e. The molecule has 0 saturated carbocycles. The molecule has 1 fully saturated rings. The van der Waals surface area contributed by atoms with Gasteiger partial charge in [-0.25, -0.2) is 8.42 Å². The summed E-state index contributed by atoms with van der Waals surface area (Å²) in [7, 11) is 1.71. The Morgan fingerprint density at radius 2 is 1.86 bits per heavy atom. The Morgan fingerprint density at radius 3 is 2.48 bits per heavy atom. The summed E-state index contributed by atoms with van der Waals surface area (Å²) in [5, 5.41) is 0. The van der Waals surface area contributed by atoms with E-state index in [1.807, 2.05) is 6.92 Å². The third-order valence-electron chi connectivity index (χ3n) is 4.03. The highest BCUT2D eigenvalue weighted by atomic mass is 35.7. The van der Waals surface area contributed by atoms with E-state index in [4.69, 9.17) is 15.4 Å². The van der Waals surface area contributed by atoms with Crippen LogP contribution in [0.4, 0.5) is 0 Å². The van der Waals surface area contributed by atoms with Crippen molar-refractivity contribution in [3.8, 4) is 5.75 Å². The number of benzene rings is 1. The van der Waals surface area contributed by atoms with Gasteiger partial charge in [-0.3, -0.25) is 0 Å². The van der Waals surface area contributed by atoms with Gasteiger partial charge in [0.05, 0.1) is 11.5 Å².